The molecule has 0 bridgehead atoms. The molecule has 0 unspecified atom stereocenters. The van der Waals surface area contributed by atoms with Crippen LogP contribution in [-0.4, -0.2) is 63.0 Å². The van der Waals surface area contributed by atoms with Crippen molar-refractivity contribution in [3.05, 3.63) is 35.6 Å². The van der Waals surface area contributed by atoms with E-state index in [1.807, 2.05) is 17.5 Å². The van der Waals surface area contributed by atoms with E-state index in [0.717, 1.165) is 54.9 Å². The molecule has 27 heavy (non-hydrogen) atoms. The molecule has 0 saturated carbocycles. The lowest BCUT2D eigenvalue weighted by Gasteiger charge is -2.32. The first-order valence-corrected chi connectivity index (χ1v) is 10.6. The van der Waals surface area contributed by atoms with Crippen LogP contribution in [0.1, 0.15) is 12.7 Å². The zero-order valence-electron chi connectivity index (χ0n) is 15.4. The first-order chi connectivity index (χ1) is 13.2. The summed E-state index contributed by atoms with van der Waals surface area (Å²) < 4.78 is 0. The fourth-order valence-electron chi connectivity index (χ4n) is 2.77. The number of hydrogen-bond donors (Lipinski definition) is 0. The molecule has 9 heteroatoms. The van der Waals surface area contributed by atoms with Gasteiger partial charge in [-0.15, -0.1) is 11.3 Å². The normalized spacial score (nSPS) is 15.3. The summed E-state index contributed by atoms with van der Waals surface area (Å²) in [6, 6.07) is 6.01. The first kappa shape index (κ1) is 18.3. The quantitative estimate of drug-likeness (QED) is 0.607. The molecule has 7 nitrogen and oxygen atoms in total. The number of piperazine rings is 1. The molecular formula is C18H21N7S2. The van der Waals surface area contributed by atoms with Gasteiger partial charge in [0.1, 0.15) is 5.82 Å². The molecule has 0 aliphatic carbocycles. The monoisotopic (exact) mass is 399 g/mol. The molecule has 140 valence electrons. The SMILES string of the molecule is CCc1nc(Sc2nccc(-c3cccs3)n2)nc(N2CCN(C)CC2)n1. The minimum absolute atomic E-state index is 0.651. The number of rotatable bonds is 5. The highest BCUT2D eigenvalue weighted by atomic mass is 32.2. The standard InChI is InChI=1S/C18H21N7S2/c1-3-15-21-16(25-10-8-24(2)9-11-25)23-18(22-15)27-17-19-7-6-13(20-17)14-5-4-12-26-14/h4-7,12H,3,8-11H2,1-2H3. The molecule has 0 N–H and O–H groups in total. The van der Waals surface area contributed by atoms with E-state index in [-0.39, 0.29) is 0 Å². The number of aryl methyl sites for hydroxylation is 1. The molecule has 0 spiro atoms. The predicted molar refractivity (Wildman–Crippen MR) is 108 cm³/mol. The number of aromatic nitrogens is 5. The smallest absolute Gasteiger partial charge is 0.229 e. The van der Waals surface area contributed by atoms with Gasteiger partial charge in [-0.3, -0.25) is 0 Å². The Bertz CT molecular complexity index is 892. The summed E-state index contributed by atoms with van der Waals surface area (Å²) in [6.07, 6.45) is 2.56. The number of thiophene rings is 1. The third-order valence-electron chi connectivity index (χ3n) is 4.34. The minimum Gasteiger partial charge on any atom is -0.338 e. The summed E-state index contributed by atoms with van der Waals surface area (Å²) in [5, 5.41) is 3.35. The summed E-state index contributed by atoms with van der Waals surface area (Å²) in [7, 11) is 2.14. The lowest BCUT2D eigenvalue weighted by atomic mass is 10.3. The molecule has 1 aliphatic heterocycles. The molecule has 3 aromatic rings. The van der Waals surface area contributed by atoms with E-state index in [4.69, 9.17) is 0 Å². The van der Waals surface area contributed by atoms with Crippen LogP contribution in [0.2, 0.25) is 0 Å². The van der Waals surface area contributed by atoms with Crippen molar-refractivity contribution in [3.8, 4) is 10.6 Å². The fraction of sp³-hybridized carbons (Fsp3) is 0.389. The maximum atomic E-state index is 4.69. The third kappa shape index (κ3) is 4.42. The van der Waals surface area contributed by atoms with Crippen LogP contribution < -0.4 is 4.90 Å². The van der Waals surface area contributed by atoms with E-state index in [1.54, 1.807) is 17.5 Å². The fourth-order valence-corrected chi connectivity index (χ4v) is 4.17. The van der Waals surface area contributed by atoms with Crippen LogP contribution in [-0.2, 0) is 6.42 Å². The summed E-state index contributed by atoms with van der Waals surface area (Å²) in [5.74, 6) is 1.56. The van der Waals surface area contributed by atoms with Gasteiger partial charge in [0, 0.05) is 38.8 Å². The minimum atomic E-state index is 0.651. The molecule has 4 heterocycles. The van der Waals surface area contributed by atoms with Crippen molar-refractivity contribution in [2.45, 2.75) is 23.7 Å². The van der Waals surface area contributed by atoms with Crippen molar-refractivity contribution < 1.29 is 0 Å². The van der Waals surface area contributed by atoms with E-state index in [9.17, 15) is 0 Å². The Morgan fingerprint density at radius 3 is 2.63 bits per heavy atom. The summed E-state index contributed by atoms with van der Waals surface area (Å²) in [4.78, 5) is 28.6. The van der Waals surface area contributed by atoms with Crippen molar-refractivity contribution in [3.63, 3.8) is 0 Å². The van der Waals surface area contributed by atoms with Crippen molar-refractivity contribution >= 4 is 29.0 Å². The lowest BCUT2D eigenvalue weighted by molar-refractivity contribution is 0.310. The second-order valence-corrected chi connectivity index (χ2v) is 8.16. The maximum absolute atomic E-state index is 4.69. The highest BCUT2D eigenvalue weighted by molar-refractivity contribution is 7.99. The van der Waals surface area contributed by atoms with Crippen molar-refractivity contribution in [2.75, 3.05) is 38.1 Å². The Morgan fingerprint density at radius 2 is 1.89 bits per heavy atom. The van der Waals surface area contributed by atoms with Gasteiger partial charge in [-0.2, -0.15) is 9.97 Å². The Balaban J connectivity index is 1.58. The van der Waals surface area contributed by atoms with Gasteiger partial charge in [-0.25, -0.2) is 15.0 Å². The predicted octanol–water partition coefficient (Wildman–Crippen LogP) is 2.86. The van der Waals surface area contributed by atoms with Gasteiger partial charge in [0.25, 0.3) is 0 Å². The van der Waals surface area contributed by atoms with Gasteiger partial charge < -0.3 is 9.80 Å². The highest BCUT2D eigenvalue weighted by Gasteiger charge is 2.19. The molecular weight excluding hydrogens is 378 g/mol. The van der Waals surface area contributed by atoms with Crippen molar-refractivity contribution in [1.29, 1.82) is 0 Å². The Kier molecular flexibility index (Phi) is 5.61. The average Bonchev–Trinajstić information content (AvgIpc) is 3.23. The second kappa shape index (κ2) is 8.28. The Labute approximate surface area is 166 Å². The van der Waals surface area contributed by atoms with E-state index < -0.39 is 0 Å². The number of nitrogens with zero attached hydrogens (tertiary/aromatic N) is 7. The average molecular weight is 400 g/mol. The van der Waals surface area contributed by atoms with E-state index in [1.165, 1.54) is 11.8 Å². The van der Waals surface area contributed by atoms with Gasteiger partial charge in [0.15, 0.2) is 5.16 Å². The van der Waals surface area contributed by atoms with Gasteiger partial charge in [-0.05, 0) is 36.3 Å². The molecule has 0 atom stereocenters. The molecule has 0 amide bonds. The van der Waals surface area contributed by atoms with Crippen LogP contribution in [0.25, 0.3) is 10.6 Å². The molecule has 1 aliphatic rings. The molecule has 1 fully saturated rings. The molecule has 0 aromatic carbocycles. The van der Waals surface area contributed by atoms with Crippen molar-refractivity contribution in [1.82, 2.24) is 29.8 Å². The zero-order chi connectivity index (χ0) is 18.6. The van der Waals surface area contributed by atoms with Gasteiger partial charge in [0.05, 0.1) is 10.6 Å². The zero-order valence-corrected chi connectivity index (χ0v) is 17.0. The first-order valence-electron chi connectivity index (χ1n) is 8.94. The topological polar surface area (TPSA) is 70.9 Å². The number of hydrogen-bond acceptors (Lipinski definition) is 9. The van der Waals surface area contributed by atoms with Crippen molar-refractivity contribution in [2.24, 2.45) is 0 Å². The van der Waals surface area contributed by atoms with Gasteiger partial charge in [-0.1, -0.05) is 13.0 Å². The molecule has 0 radical (unpaired) electrons. The molecule has 1 saturated heterocycles. The second-order valence-electron chi connectivity index (χ2n) is 6.28. The van der Waals surface area contributed by atoms with Crippen LogP contribution in [0.15, 0.2) is 40.1 Å². The lowest BCUT2D eigenvalue weighted by Crippen LogP contribution is -2.45. The van der Waals surface area contributed by atoms with Gasteiger partial charge in [0.2, 0.25) is 11.1 Å². The summed E-state index contributed by atoms with van der Waals surface area (Å²) >= 11 is 3.06. The van der Waals surface area contributed by atoms with Crippen LogP contribution in [0.3, 0.4) is 0 Å². The van der Waals surface area contributed by atoms with Crippen LogP contribution in [0.5, 0.6) is 0 Å². The number of anilines is 1. The van der Waals surface area contributed by atoms with E-state index >= 15 is 0 Å². The third-order valence-corrected chi connectivity index (χ3v) is 5.98. The Hall–Kier alpha value is -2.10. The van der Waals surface area contributed by atoms with E-state index in [2.05, 4.69) is 54.8 Å². The van der Waals surface area contributed by atoms with Crippen LogP contribution in [0, 0.1) is 0 Å². The van der Waals surface area contributed by atoms with Crippen LogP contribution >= 0.6 is 23.1 Å². The van der Waals surface area contributed by atoms with E-state index in [0.29, 0.717) is 10.3 Å². The van der Waals surface area contributed by atoms with Gasteiger partial charge >= 0.3 is 0 Å². The molecule has 3 aromatic heterocycles. The summed E-state index contributed by atoms with van der Waals surface area (Å²) in [6.45, 7) is 5.95. The summed E-state index contributed by atoms with van der Waals surface area (Å²) in [5.41, 5.74) is 0.923. The Morgan fingerprint density at radius 1 is 1.04 bits per heavy atom. The van der Waals surface area contributed by atoms with Crippen LogP contribution in [0.4, 0.5) is 5.95 Å². The number of likely N-dealkylation sites (N-methyl/N-ethyl adjacent to an activating group) is 1. The molecule has 4 rings (SSSR count). The highest BCUT2D eigenvalue weighted by Crippen LogP contribution is 2.27. The maximum Gasteiger partial charge on any atom is 0.229 e. The largest absolute Gasteiger partial charge is 0.338 e.